The number of likely N-dealkylation sites (tertiary alicyclic amines) is 1. The highest BCUT2D eigenvalue weighted by atomic mass is 16.3. The van der Waals surface area contributed by atoms with Gasteiger partial charge in [-0.15, -0.1) is 0 Å². The summed E-state index contributed by atoms with van der Waals surface area (Å²) in [5.41, 5.74) is 0.250. The van der Waals surface area contributed by atoms with Crippen LogP contribution in [0.2, 0.25) is 0 Å². The van der Waals surface area contributed by atoms with E-state index >= 15 is 0 Å². The highest BCUT2D eigenvalue weighted by Crippen LogP contribution is 2.41. The molecule has 3 heteroatoms. The van der Waals surface area contributed by atoms with Gasteiger partial charge in [0.2, 0.25) is 0 Å². The van der Waals surface area contributed by atoms with Crippen molar-refractivity contribution >= 4 is 0 Å². The normalized spacial score (nSPS) is 26.1. The maximum atomic E-state index is 9.49. The molecule has 0 radical (unpaired) electrons. The molecular formula is C14H28N2O. The first kappa shape index (κ1) is 13.3. The second kappa shape index (κ2) is 5.68. The molecule has 3 nitrogen and oxygen atoms in total. The van der Waals surface area contributed by atoms with E-state index in [2.05, 4.69) is 23.9 Å². The fraction of sp³-hybridized carbons (Fsp3) is 1.00. The molecule has 1 saturated carbocycles. The van der Waals surface area contributed by atoms with Gasteiger partial charge in [0.25, 0.3) is 0 Å². The molecule has 1 heterocycles. The lowest BCUT2D eigenvalue weighted by atomic mass is 9.69. The van der Waals surface area contributed by atoms with Crippen LogP contribution in [-0.4, -0.2) is 61.8 Å². The molecule has 0 unspecified atom stereocenters. The van der Waals surface area contributed by atoms with E-state index in [0.717, 1.165) is 12.5 Å². The number of rotatable bonds is 5. The molecule has 100 valence electrons. The lowest BCUT2D eigenvalue weighted by molar-refractivity contribution is 0.00885. The van der Waals surface area contributed by atoms with Gasteiger partial charge in [-0.25, -0.2) is 0 Å². The van der Waals surface area contributed by atoms with Gasteiger partial charge in [-0.05, 0) is 58.8 Å². The lowest BCUT2D eigenvalue weighted by Gasteiger charge is -2.44. The summed E-state index contributed by atoms with van der Waals surface area (Å²) in [6.07, 6.45) is 6.44. The maximum Gasteiger partial charge on any atom is 0.0499 e. The Labute approximate surface area is 106 Å². The van der Waals surface area contributed by atoms with Gasteiger partial charge in [-0.1, -0.05) is 6.42 Å². The molecule has 17 heavy (non-hydrogen) atoms. The van der Waals surface area contributed by atoms with E-state index in [9.17, 15) is 5.11 Å². The van der Waals surface area contributed by atoms with Gasteiger partial charge in [0.1, 0.15) is 0 Å². The van der Waals surface area contributed by atoms with Gasteiger partial charge in [0, 0.05) is 25.1 Å². The molecule has 0 atom stereocenters. The number of nitrogens with zero attached hydrogens (tertiary/aromatic N) is 2. The van der Waals surface area contributed by atoms with Crippen LogP contribution < -0.4 is 0 Å². The summed E-state index contributed by atoms with van der Waals surface area (Å²) in [5.74, 6) is 0.868. The van der Waals surface area contributed by atoms with Crippen molar-refractivity contribution in [1.82, 2.24) is 9.80 Å². The average Bonchev–Trinajstić information content (AvgIpc) is 2.27. The van der Waals surface area contributed by atoms with E-state index in [-0.39, 0.29) is 5.41 Å². The molecule has 0 amide bonds. The fourth-order valence-corrected chi connectivity index (χ4v) is 3.37. The first-order valence-electron chi connectivity index (χ1n) is 7.11. The highest BCUT2D eigenvalue weighted by molar-refractivity contribution is 4.89. The minimum absolute atomic E-state index is 0.250. The summed E-state index contributed by atoms with van der Waals surface area (Å²) in [7, 11) is 4.45. The Kier molecular flexibility index (Phi) is 4.45. The number of piperidine rings is 1. The van der Waals surface area contributed by atoms with Crippen molar-refractivity contribution in [3.05, 3.63) is 0 Å². The Morgan fingerprint density at radius 3 is 2.41 bits per heavy atom. The quantitative estimate of drug-likeness (QED) is 0.787. The third-order valence-electron chi connectivity index (χ3n) is 4.76. The van der Waals surface area contributed by atoms with Gasteiger partial charge in [-0.3, -0.25) is 0 Å². The molecule has 1 saturated heterocycles. The van der Waals surface area contributed by atoms with Crippen LogP contribution in [0.15, 0.2) is 0 Å². The highest BCUT2D eigenvalue weighted by Gasteiger charge is 2.37. The fourth-order valence-electron chi connectivity index (χ4n) is 3.37. The predicted octanol–water partition coefficient (Wildman–Crippen LogP) is 1.42. The van der Waals surface area contributed by atoms with Crippen LogP contribution in [0.1, 0.15) is 32.1 Å². The van der Waals surface area contributed by atoms with Crippen LogP contribution in [-0.2, 0) is 0 Å². The summed E-state index contributed by atoms with van der Waals surface area (Å²) >= 11 is 0. The molecule has 2 rings (SSSR count). The van der Waals surface area contributed by atoms with Crippen molar-refractivity contribution in [2.24, 2.45) is 11.3 Å². The van der Waals surface area contributed by atoms with Crippen molar-refractivity contribution in [3.8, 4) is 0 Å². The summed E-state index contributed by atoms with van der Waals surface area (Å²) in [4.78, 5) is 4.89. The van der Waals surface area contributed by atoms with Crippen molar-refractivity contribution < 1.29 is 5.11 Å². The summed E-state index contributed by atoms with van der Waals surface area (Å²) in [6.45, 7) is 5.20. The van der Waals surface area contributed by atoms with E-state index in [4.69, 9.17) is 0 Å². The SMILES string of the molecule is CN1CCC(CN(C)CC2(CO)CCC2)CC1. The van der Waals surface area contributed by atoms with Crippen LogP contribution in [0.5, 0.6) is 0 Å². The van der Waals surface area contributed by atoms with Crippen LogP contribution >= 0.6 is 0 Å². The van der Waals surface area contributed by atoms with E-state index in [0.29, 0.717) is 6.61 Å². The van der Waals surface area contributed by atoms with E-state index in [1.165, 1.54) is 51.7 Å². The molecule has 0 aromatic rings. The van der Waals surface area contributed by atoms with E-state index in [1.807, 2.05) is 0 Å². The van der Waals surface area contributed by atoms with Crippen LogP contribution in [0.3, 0.4) is 0 Å². The number of hydrogen-bond acceptors (Lipinski definition) is 3. The molecule has 1 aliphatic carbocycles. The first-order valence-corrected chi connectivity index (χ1v) is 7.11. The summed E-state index contributed by atoms with van der Waals surface area (Å²) in [5, 5.41) is 9.49. The molecule has 0 aromatic carbocycles. The Balaban J connectivity index is 1.71. The molecule has 2 aliphatic rings. The smallest absolute Gasteiger partial charge is 0.0499 e. The molecule has 1 aliphatic heterocycles. The second-order valence-electron chi connectivity index (χ2n) is 6.46. The van der Waals surface area contributed by atoms with Crippen LogP contribution in [0.4, 0.5) is 0 Å². The first-order chi connectivity index (χ1) is 8.13. The largest absolute Gasteiger partial charge is 0.396 e. The minimum atomic E-state index is 0.250. The molecular weight excluding hydrogens is 212 g/mol. The number of aliphatic hydroxyl groups is 1. The molecule has 0 spiro atoms. The predicted molar refractivity (Wildman–Crippen MR) is 71.1 cm³/mol. The standard InChI is InChI=1S/C14H28N2O/c1-15-8-4-13(5-9-15)10-16(2)11-14(12-17)6-3-7-14/h13,17H,3-12H2,1-2H3. The van der Waals surface area contributed by atoms with Gasteiger partial charge < -0.3 is 14.9 Å². The van der Waals surface area contributed by atoms with E-state index < -0.39 is 0 Å². The van der Waals surface area contributed by atoms with Crippen LogP contribution in [0.25, 0.3) is 0 Å². The zero-order valence-electron chi connectivity index (χ0n) is 11.5. The van der Waals surface area contributed by atoms with Gasteiger partial charge in [0.15, 0.2) is 0 Å². The van der Waals surface area contributed by atoms with Gasteiger partial charge in [0.05, 0.1) is 0 Å². The third kappa shape index (κ3) is 3.43. The van der Waals surface area contributed by atoms with Gasteiger partial charge >= 0.3 is 0 Å². The van der Waals surface area contributed by atoms with Crippen LogP contribution in [0, 0.1) is 11.3 Å². The average molecular weight is 240 g/mol. The lowest BCUT2D eigenvalue weighted by Crippen LogP contribution is -2.45. The monoisotopic (exact) mass is 240 g/mol. The molecule has 0 bridgehead atoms. The van der Waals surface area contributed by atoms with Crippen molar-refractivity contribution in [2.45, 2.75) is 32.1 Å². The second-order valence-corrected chi connectivity index (χ2v) is 6.46. The minimum Gasteiger partial charge on any atom is -0.396 e. The number of hydrogen-bond donors (Lipinski definition) is 1. The van der Waals surface area contributed by atoms with Crippen molar-refractivity contribution in [1.29, 1.82) is 0 Å². The van der Waals surface area contributed by atoms with Gasteiger partial charge in [-0.2, -0.15) is 0 Å². The Hall–Kier alpha value is -0.120. The summed E-state index contributed by atoms with van der Waals surface area (Å²) in [6, 6.07) is 0. The van der Waals surface area contributed by atoms with E-state index in [1.54, 1.807) is 0 Å². The Bertz CT molecular complexity index is 227. The topological polar surface area (TPSA) is 26.7 Å². The Morgan fingerprint density at radius 2 is 1.94 bits per heavy atom. The Morgan fingerprint density at radius 1 is 1.29 bits per heavy atom. The number of aliphatic hydroxyl groups excluding tert-OH is 1. The zero-order chi connectivity index (χ0) is 12.3. The molecule has 2 fully saturated rings. The molecule has 1 N–H and O–H groups in total. The maximum absolute atomic E-state index is 9.49. The van der Waals surface area contributed by atoms with Crippen molar-refractivity contribution in [2.75, 3.05) is 46.9 Å². The molecule has 0 aromatic heterocycles. The zero-order valence-corrected chi connectivity index (χ0v) is 11.5. The van der Waals surface area contributed by atoms with Crippen molar-refractivity contribution in [3.63, 3.8) is 0 Å². The third-order valence-corrected chi connectivity index (χ3v) is 4.76. The summed E-state index contributed by atoms with van der Waals surface area (Å²) < 4.78 is 0.